The molecule has 2 atom stereocenters. The quantitative estimate of drug-likeness (QED) is 0.305. The standard InChI is InChI=1S/C34H22O5/c35-24-7-1-17-3-9-26-22-15-33(13-20(24)30(17)22)28(37)11-5-19-6-12-29(38)34(32(19)33)14-21-25(36)8-2-18-4-10-27(39-26)23(16-34)31(18)21/h1-12,35-36H,13-16H2. The Morgan fingerprint density at radius 2 is 1.00 bits per heavy atom. The van der Waals surface area contributed by atoms with E-state index in [0.29, 0.717) is 48.3 Å². The number of hydrogen-bond donors (Lipinski definition) is 2. The van der Waals surface area contributed by atoms with Crippen LogP contribution in [0.25, 0.3) is 21.5 Å². The lowest BCUT2D eigenvalue weighted by Gasteiger charge is -2.51. The highest BCUT2D eigenvalue weighted by Crippen LogP contribution is 2.62. The van der Waals surface area contributed by atoms with Crippen LogP contribution in [0.3, 0.4) is 0 Å². The number of ketones is 2. The molecule has 4 aromatic rings. The first-order valence-corrected chi connectivity index (χ1v) is 13.3. The first-order chi connectivity index (χ1) is 18.9. The highest BCUT2D eigenvalue weighted by atomic mass is 16.5. The second-order valence-electron chi connectivity index (χ2n) is 11.6. The number of benzene rings is 4. The van der Waals surface area contributed by atoms with Gasteiger partial charge < -0.3 is 14.9 Å². The Kier molecular flexibility index (Phi) is 3.65. The molecule has 0 aromatic heterocycles. The van der Waals surface area contributed by atoms with Crippen molar-refractivity contribution < 1.29 is 24.5 Å². The van der Waals surface area contributed by atoms with E-state index in [9.17, 15) is 19.8 Å². The lowest BCUT2D eigenvalue weighted by Crippen LogP contribution is -2.53. The van der Waals surface area contributed by atoms with Crippen LogP contribution in [0.4, 0.5) is 0 Å². The first kappa shape index (κ1) is 21.3. The van der Waals surface area contributed by atoms with E-state index in [-0.39, 0.29) is 23.1 Å². The van der Waals surface area contributed by atoms with Gasteiger partial charge in [0.05, 0.1) is 10.8 Å². The van der Waals surface area contributed by atoms with Gasteiger partial charge in [0.1, 0.15) is 23.0 Å². The Morgan fingerprint density at radius 3 is 1.49 bits per heavy atom. The molecule has 0 fully saturated rings. The number of hydrogen-bond acceptors (Lipinski definition) is 5. The molecule has 0 saturated heterocycles. The molecule has 5 heteroatoms. The van der Waals surface area contributed by atoms with Gasteiger partial charge in [0, 0.05) is 22.3 Å². The third-order valence-corrected chi connectivity index (χ3v) is 9.82. The van der Waals surface area contributed by atoms with Gasteiger partial charge in [0.2, 0.25) is 0 Å². The fraction of sp³-hybridized carbons (Fsp3) is 0.176. The van der Waals surface area contributed by atoms with Gasteiger partial charge in [-0.3, -0.25) is 9.59 Å². The van der Waals surface area contributed by atoms with Gasteiger partial charge in [0.15, 0.2) is 11.6 Å². The molecule has 4 aliphatic carbocycles. The first-order valence-electron chi connectivity index (χ1n) is 13.3. The van der Waals surface area contributed by atoms with Crippen molar-refractivity contribution >= 4 is 33.1 Å². The van der Waals surface area contributed by atoms with Gasteiger partial charge in [-0.05, 0) is 94.8 Å². The Bertz CT molecular complexity index is 1870. The van der Waals surface area contributed by atoms with Crippen LogP contribution in [0.1, 0.15) is 22.3 Å². The van der Waals surface area contributed by atoms with Gasteiger partial charge in [-0.25, -0.2) is 0 Å². The normalized spacial score (nSPS) is 25.4. The predicted octanol–water partition coefficient (Wildman–Crippen LogP) is 5.95. The molecule has 1 aliphatic heterocycles. The number of phenolic OH excluding ortho intramolecular Hbond substituents is 2. The van der Waals surface area contributed by atoms with Crippen LogP contribution in [-0.2, 0) is 35.3 Å². The van der Waals surface area contributed by atoms with Crippen LogP contribution in [0.5, 0.6) is 23.0 Å². The van der Waals surface area contributed by atoms with E-state index < -0.39 is 10.8 Å². The van der Waals surface area contributed by atoms with Crippen LogP contribution in [-0.4, -0.2) is 21.8 Å². The summed E-state index contributed by atoms with van der Waals surface area (Å²) in [7, 11) is 0. The lowest BCUT2D eigenvalue weighted by atomic mass is 9.49. The average molecular weight is 511 g/mol. The van der Waals surface area contributed by atoms with E-state index in [4.69, 9.17) is 4.74 Å². The predicted molar refractivity (Wildman–Crippen MR) is 146 cm³/mol. The van der Waals surface area contributed by atoms with Gasteiger partial charge in [-0.2, -0.15) is 0 Å². The van der Waals surface area contributed by atoms with E-state index in [1.54, 1.807) is 24.3 Å². The van der Waals surface area contributed by atoms with Gasteiger partial charge in [-0.15, -0.1) is 0 Å². The molecular weight excluding hydrogens is 488 g/mol. The number of rotatable bonds is 0. The maximum absolute atomic E-state index is 14.2. The molecule has 5 nitrogen and oxygen atoms in total. The zero-order chi connectivity index (χ0) is 26.3. The summed E-state index contributed by atoms with van der Waals surface area (Å²) in [4.78, 5) is 28.4. The number of carbonyl (C=O) groups is 2. The van der Waals surface area contributed by atoms with E-state index in [0.717, 1.165) is 43.8 Å². The van der Waals surface area contributed by atoms with Crippen molar-refractivity contribution in [3.8, 4) is 23.0 Å². The van der Waals surface area contributed by atoms with Gasteiger partial charge >= 0.3 is 0 Å². The summed E-state index contributed by atoms with van der Waals surface area (Å²) < 4.78 is 6.71. The number of ether oxygens (including phenoxy) is 1. The summed E-state index contributed by atoms with van der Waals surface area (Å²) in [5.74, 6) is 1.44. The SMILES string of the molecule is O=C1C=CC2=C3C14Cc1c(O)ccc5ccc(c(c15)C4)Oc1ccc4ccc(O)c5c4c1CC3(C5)C(=O)C=C2. The van der Waals surface area contributed by atoms with Crippen molar-refractivity contribution in [1.82, 2.24) is 0 Å². The molecule has 0 saturated carbocycles. The van der Waals surface area contributed by atoms with Crippen molar-refractivity contribution in [2.24, 2.45) is 10.8 Å². The molecule has 4 bridgehead atoms. The Balaban J connectivity index is 1.49. The third kappa shape index (κ3) is 2.38. The van der Waals surface area contributed by atoms with E-state index in [1.807, 2.05) is 48.6 Å². The summed E-state index contributed by atoms with van der Waals surface area (Å²) in [5.41, 5.74) is 2.73. The van der Waals surface area contributed by atoms with E-state index in [1.165, 1.54) is 0 Å². The lowest BCUT2D eigenvalue weighted by molar-refractivity contribution is -0.126. The highest BCUT2D eigenvalue weighted by Gasteiger charge is 2.59. The molecule has 4 aromatic carbocycles. The fourth-order valence-corrected chi connectivity index (χ4v) is 8.26. The maximum Gasteiger partial charge on any atom is 0.166 e. The number of allylic oxidation sites excluding steroid dienone is 6. The minimum atomic E-state index is -1.06. The maximum atomic E-state index is 14.2. The Labute approximate surface area is 223 Å². The van der Waals surface area contributed by atoms with Crippen molar-refractivity contribution in [2.45, 2.75) is 25.7 Å². The van der Waals surface area contributed by atoms with E-state index in [2.05, 4.69) is 0 Å². The molecule has 5 aliphatic rings. The zero-order valence-corrected chi connectivity index (χ0v) is 20.9. The smallest absolute Gasteiger partial charge is 0.166 e. The summed E-state index contributed by atoms with van der Waals surface area (Å²) in [6.07, 6.45) is 8.25. The van der Waals surface area contributed by atoms with Gasteiger partial charge in [0.25, 0.3) is 0 Å². The van der Waals surface area contributed by atoms with Crippen molar-refractivity contribution in [1.29, 1.82) is 0 Å². The number of phenols is 2. The summed E-state index contributed by atoms with van der Waals surface area (Å²) in [5, 5.41) is 26.1. The monoisotopic (exact) mass is 510 g/mol. The van der Waals surface area contributed by atoms with Crippen molar-refractivity contribution in [3.63, 3.8) is 0 Å². The van der Waals surface area contributed by atoms with Crippen LogP contribution < -0.4 is 4.74 Å². The molecule has 0 amide bonds. The van der Waals surface area contributed by atoms with Crippen molar-refractivity contribution in [2.75, 3.05) is 0 Å². The zero-order valence-electron chi connectivity index (χ0n) is 20.9. The molecule has 9 rings (SSSR count). The minimum Gasteiger partial charge on any atom is -0.508 e. The van der Waals surface area contributed by atoms with E-state index >= 15 is 0 Å². The Morgan fingerprint density at radius 1 is 0.564 bits per heavy atom. The van der Waals surface area contributed by atoms with Crippen LogP contribution in [0.15, 0.2) is 84.0 Å². The average Bonchev–Trinajstić information content (AvgIpc) is 2.94. The molecule has 1 heterocycles. The third-order valence-electron chi connectivity index (χ3n) is 9.82. The van der Waals surface area contributed by atoms with Crippen molar-refractivity contribution in [3.05, 3.63) is 106 Å². The summed E-state index contributed by atoms with van der Waals surface area (Å²) >= 11 is 0. The number of carbonyl (C=O) groups excluding carboxylic acids is 2. The van der Waals surface area contributed by atoms with Crippen LogP contribution in [0, 0.1) is 10.8 Å². The Hall–Kier alpha value is -4.64. The largest absolute Gasteiger partial charge is 0.508 e. The molecule has 188 valence electrons. The molecule has 2 N–H and O–H groups in total. The summed E-state index contributed by atoms with van der Waals surface area (Å²) in [6.45, 7) is 0. The molecule has 0 radical (unpaired) electrons. The number of aromatic hydroxyl groups is 2. The van der Waals surface area contributed by atoms with Gasteiger partial charge in [-0.1, -0.05) is 36.4 Å². The highest BCUT2D eigenvalue weighted by molar-refractivity contribution is 6.10. The minimum absolute atomic E-state index is 0.0670. The molecule has 2 unspecified atom stereocenters. The van der Waals surface area contributed by atoms with Crippen LogP contribution in [0.2, 0.25) is 0 Å². The van der Waals surface area contributed by atoms with Crippen LogP contribution >= 0.6 is 0 Å². The fourth-order valence-electron chi connectivity index (χ4n) is 8.26. The molecule has 2 spiro atoms. The molecular formula is C34H22O5. The topological polar surface area (TPSA) is 83.8 Å². The second-order valence-corrected chi connectivity index (χ2v) is 11.6. The summed E-state index contributed by atoms with van der Waals surface area (Å²) in [6, 6.07) is 15.1. The molecule has 39 heavy (non-hydrogen) atoms. The second kappa shape index (κ2) is 6.67.